The molecule has 8 heteroatoms. The van der Waals surface area contributed by atoms with E-state index in [2.05, 4.69) is 22.2 Å². The summed E-state index contributed by atoms with van der Waals surface area (Å²) in [5.41, 5.74) is 1.22. The molecular weight excluding hydrogens is 350 g/mol. The third-order valence-corrected chi connectivity index (χ3v) is 4.92. The third kappa shape index (κ3) is 4.24. The van der Waals surface area contributed by atoms with E-state index in [1.165, 1.54) is 15.4 Å². The van der Waals surface area contributed by atoms with E-state index in [1.54, 1.807) is 18.8 Å². The van der Waals surface area contributed by atoms with Gasteiger partial charge < -0.3 is 4.90 Å². The van der Waals surface area contributed by atoms with Crippen molar-refractivity contribution in [2.24, 2.45) is 0 Å². The zero-order valence-electron chi connectivity index (χ0n) is 15.1. The van der Waals surface area contributed by atoms with Crippen LogP contribution < -0.4 is 0 Å². The second kappa shape index (κ2) is 8.35. The Morgan fingerprint density at radius 2 is 1.92 bits per heavy atom. The lowest BCUT2D eigenvalue weighted by Crippen LogP contribution is -2.32. The van der Waals surface area contributed by atoms with Gasteiger partial charge in [0.2, 0.25) is 0 Å². The first-order valence-electron chi connectivity index (χ1n) is 8.59. The summed E-state index contributed by atoms with van der Waals surface area (Å²) in [4.78, 5) is 31.5. The summed E-state index contributed by atoms with van der Waals surface area (Å²) in [6, 6.07) is 9.89. The fraction of sp³-hybridized carbons (Fsp3) is 0.444. The number of nitrogens with zero attached hydrogens (tertiary/aromatic N) is 5. The Bertz CT molecular complexity index is 777. The molecule has 0 N–H and O–H groups in total. The average Bonchev–Trinajstić information content (AvgIpc) is 3.14. The van der Waals surface area contributed by atoms with Gasteiger partial charge in [-0.25, -0.2) is 14.5 Å². The normalized spacial score (nSPS) is 14.5. The highest BCUT2D eigenvalue weighted by atomic mass is 32.2. The first-order chi connectivity index (χ1) is 12.6. The molecule has 0 bridgehead atoms. The molecule has 1 saturated heterocycles. The van der Waals surface area contributed by atoms with Crippen molar-refractivity contribution in [3.63, 3.8) is 0 Å². The van der Waals surface area contributed by atoms with Gasteiger partial charge in [0.25, 0.3) is 5.91 Å². The molecule has 0 spiro atoms. The van der Waals surface area contributed by atoms with E-state index >= 15 is 0 Å². The molecule has 1 aliphatic rings. The van der Waals surface area contributed by atoms with Crippen LogP contribution in [0.4, 0.5) is 4.79 Å². The summed E-state index contributed by atoms with van der Waals surface area (Å²) in [5.74, 6) is 2.16. The molecule has 2 aromatic rings. The van der Waals surface area contributed by atoms with Crippen molar-refractivity contribution in [2.45, 2.75) is 25.9 Å². The summed E-state index contributed by atoms with van der Waals surface area (Å²) in [7, 11) is 1.63. The van der Waals surface area contributed by atoms with Crippen molar-refractivity contribution in [3.05, 3.63) is 47.5 Å². The second-order valence-corrected chi connectivity index (χ2v) is 7.25. The number of aryl methyl sites for hydroxylation is 3. The van der Waals surface area contributed by atoms with Gasteiger partial charge >= 0.3 is 6.03 Å². The molecule has 3 amide bonds. The number of carbonyl (C=O) groups is 2. The quantitative estimate of drug-likeness (QED) is 0.660. The van der Waals surface area contributed by atoms with Crippen LogP contribution in [0.25, 0.3) is 0 Å². The van der Waals surface area contributed by atoms with Gasteiger partial charge in [-0.3, -0.25) is 9.69 Å². The van der Waals surface area contributed by atoms with Gasteiger partial charge in [-0.05, 0) is 18.2 Å². The van der Waals surface area contributed by atoms with E-state index in [-0.39, 0.29) is 25.0 Å². The standard InChI is InChI=1S/C18H23N5O2S/c1-21-13-17(24)22(18(21)25)12-16-19-15(9-11-26-2)20-23(16)10-8-14-6-4-3-5-7-14/h3-7H,8-13H2,1-2H3. The molecule has 0 aliphatic carbocycles. The van der Waals surface area contributed by atoms with E-state index in [0.29, 0.717) is 12.4 Å². The van der Waals surface area contributed by atoms with Crippen molar-refractivity contribution in [2.75, 3.05) is 25.6 Å². The number of hydrogen-bond acceptors (Lipinski definition) is 5. The van der Waals surface area contributed by atoms with Crippen LogP contribution in [-0.2, 0) is 30.7 Å². The first kappa shape index (κ1) is 18.4. The molecule has 1 aliphatic heterocycles. The Morgan fingerprint density at radius 3 is 2.58 bits per heavy atom. The van der Waals surface area contributed by atoms with Gasteiger partial charge in [-0.1, -0.05) is 30.3 Å². The molecule has 26 heavy (non-hydrogen) atoms. The highest BCUT2D eigenvalue weighted by Crippen LogP contribution is 2.14. The number of hydrogen-bond donors (Lipinski definition) is 0. The molecular formula is C18H23N5O2S. The Hall–Kier alpha value is -2.35. The van der Waals surface area contributed by atoms with E-state index in [9.17, 15) is 9.59 Å². The number of likely N-dealkylation sites (N-methyl/N-ethyl adjacent to an activating group) is 1. The largest absolute Gasteiger partial charge is 0.327 e. The van der Waals surface area contributed by atoms with E-state index in [1.807, 2.05) is 29.1 Å². The van der Waals surface area contributed by atoms with Crippen molar-refractivity contribution < 1.29 is 9.59 Å². The molecule has 138 valence electrons. The zero-order chi connectivity index (χ0) is 18.5. The maximum absolute atomic E-state index is 12.2. The Balaban J connectivity index is 1.76. The minimum absolute atomic E-state index is 0.121. The van der Waals surface area contributed by atoms with Gasteiger partial charge in [0, 0.05) is 25.8 Å². The Kier molecular flexibility index (Phi) is 5.92. The van der Waals surface area contributed by atoms with Crippen LogP contribution in [0.5, 0.6) is 0 Å². The van der Waals surface area contributed by atoms with E-state index < -0.39 is 0 Å². The highest BCUT2D eigenvalue weighted by Gasteiger charge is 2.34. The van der Waals surface area contributed by atoms with Crippen LogP contribution in [-0.4, -0.2) is 62.1 Å². The lowest BCUT2D eigenvalue weighted by atomic mass is 10.1. The van der Waals surface area contributed by atoms with Crippen molar-refractivity contribution in [1.82, 2.24) is 24.6 Å². The number of thioether (sulfide) groups is 1. The molecule has 1 aromatic carbocycles. The molecule has 3 rings (SSSR count). The number of benzene rings is 1. The molecule has 1 fully saturated rings. The molecule has 0 unspecified atom stereocenters. The molecule has 2 heterocycles. The average molecular weight is 373 g/mol. The molecule has 0 atom stereocenters. The van der Waals surface area contributed by atoms with Crippen LogP contribution >= 0.6 is 11.8 Å². The minimum atomic E-state index is -0.279. The molecule has 0 saturated carbocycles. The predicted octanol–water partition coefficient (Wildman–Crippen LogP) is 1.82. The fourth-order valence-electron chi connectivity index (χ4n) is 2.87. The van der Waals surface area contributed by atoms with Crippen molar-refractivity contribution >= 4 is 23.7 Å². The van der Waals surface area contributed by atoms with Gasteiger partial charge in [0.1, 0.15) is 12.4 Å². The number of aromatic nitrogens is 3. The highest BCUT2D eigenvalue weighted by molar-refractivity contribution is 7.98. The van der Waals surface area contributed by atoms with Crippen LogP contribution in [0, 0.1) is 0 Å². The number of imide groups is 1. The summed E-state index contributed by atoms with van der Waals surface area (Å²) in [5, 5.41) is 4.60. The lowest BCUT2D eigenvalue weighted by Gasteiger charge is -2.14. The van der Waals surface area contributed by atoms with E-state index in [4.69, 9.17) is 0 Å². The summed E-state index contributed by atoms with van der Waals surface area (Å²) >= 11 is 1.74. The maximum atomic E-state index is 12.2. The summed E-state index contributed by atoms with van der Waals surface area (Å²) in [6.07, 6.45) is 3.64. The number of rotatable bonds is 8. The maximum Gasteiger partial charge on any atom is 0.327 e. The topological polar surface area (TPSA) is 71.3 Å². The Morgan fingerprint density at radius 1 is 1.15 bits per heavy atom. The minimum Gasteiger partial charge on any atom is -0.318 e. The number of carbonyl (C=O) groups excluding carboxylic acids is 2. The van der Waals surface area contributed by atoms with Crippen LogP contribution in [0.3, 0.4) is 0 Å². The Labute approximate surface area is 157 Å². The van der Waals surface area contributed by atoms with Crippen molar-refractivity contribution in [3.8, 4) is 0 Å². The van der Waals surface area contributed by atoms with Crippen LogP contribution in [0.1, 0.15) is 17.2 Å². The van der Waals surface area contributed by atoms with Gasteiger partial charge in [0.15, 0.2) is 5.82 Å². The number of amides is 3. The van der Waals surface area contributed by atoms with Gasteiger partial charge in [-0.2, -0.15) is 16.9 Å². The van der Waals surface area contributed by atoms with Crippen LogP contribution in [0.2, 0.25) is 0 Å². The molecule has 7 nitrogen and oxygen atoms in total. The van der Waals surface area contributed by atoms with Crippen molar-refractivity contribution in [1.29, 1.82) is 0 Å². The number of urea groups is 1. The summed E-state index contributed by atoms with van der Waals surface area (Å²) < 4.78 is 1.83. The molecule has 0 radical (unpaired) electrons. The van der Waals surface area contributed by atoms with Crippen LogP contribution in [0.15, 0.2) is 30.3 Å². The monoisotopic (exact) mass is 373 g/mol. The molecule has 1 aromatic heterocycles. The second-order valence-electron chi connectivity index (χ2n) is 6.26. The SMILES string of the molecule is CSCCc1nc(CN2C(=O)CN(C)C2=O)n(CCc2ccccc2)n1. The van der Waals surface area contributed by atoms with Gasteiger partial charge in [0.05, 0.1) is 6.54 Å². The zero-order valence-corrected chi connectivity index (χ0v) is 15.9. The predicted molar refractivity (Wildman–Crippen MR) is 101 cm³/mol. The third-order valence-electron chi connectivity index (χ3n) is 4.31. The summed E-state index contributed by atoms with van der Waals surface area (Å²) in [6.45, 7) is 0.955. The lowest BCUT2D eigenvalue weighted by molar-refractivity contribution is -0.125. The fourth-order valence-corrected chi connectivity index (χ4v) is 3.25. The first-order valence-corrected chi connectivity index (χ1v) is 9.99. The van der Waals surface area contributed by atoms with E-state index in [0.717, 1.165) is 24.4 Å². The van der Waals surface area contributed by atoms with Gasteiger partial charge in [-0.15, -0.1) is 0 Å². The smallest absolute Gasteiger partial charge is 0.318 e.